The number of likely N-dealkylation sites (N-methyl/N-ethyl adjacent to an activating group) is 1. The fraction of sp³-hybridized carbons (Fsp3) is 0.381. The smallest absolute Gasteiger partial charge is 0.262 e. The Morgan fingerprint density at radius 2 is 2.03 bits per heavy atom. The van der Waals surface area contributed by atoms with Crippen LogP contribution < -0.4 is 5.32 Å². The standard InChI is InChI=1S/C21H22N6O4/c1-27-7-6-21(29,20(27)28)18-9-17(26-31-18)15-4-2-3-14(25-15)16-10-19(23-12-22-16)24-13-5-8-30-11-13/h2-4,9-10,12-13,29H,5-8,11H2,1H3,(H,22,23,24)/t13-,21-/m1/s1. The summed E-state index contributed by atoms with van der Waals surface area (Å²) in [6.45, 7) is 1.86. The molecule has 2 aliphatic heterocycles. The second kappa shape index (κ2) is 7.71. The van der Waals surface area contributed by atoms with Gasteiger partial charge in [0.05, 0.1) is 29.7 Å². The van der Waals surface area contributed by atoms with E-state index >= 15 is 0 Å². The Bertz CT molecular complexity index is 1110. The molecule has 2 aliphatic rings. The van der Waals surface area contributed by atoms with Crippen molar-refractivity contribution in [3.8, 4) is 22.8 Å². The predicted octanol–water partition coefficient (Wildman–Crippen LogP) is 1.44. The molecule has 10 nitrogen and oxygen atoms in total. The molecule has 2 N–H and O–H groups in total. The fourth-order valence-electron chi connectivity index (χ4n) is 3.83. The van der Waals surface area contributed by atoms with E-state index < -0.39 is 11.5 Å². The lowest BCUT2D eigenvalue weighted by atomic mass is 9.98. The number of nitrogens with zero attached hydrogens (tertiary/aromatic N) is 5. The number of hydrogen-bond acceptors (Lipinski definition) is 9. The van der Waals surface area contributed by atoms with Crippen LogP contribution in [-0.4, -0.2) is 68.9 Å². The average molecular weight is 422 g/mol. The second-order valence-corrected chi connectivity index (χ2v) is 7.81. The number of hydrogen-bond donors (Lipinski definition) is 2. The van der Waals surface area contributed by atoms with Crippen LogP contribution in [0.15, 0.2) is 41.2 Å². The van der Waals surface area contributed by atoms with E-state index in [1.54, 1.807) is 19.2 Å². The number of aliphatic hydroxyl groups is 1. The summed E-state index contributed by atoms with van der Waals surface area (Å²) in [6.07, 6.45) is 2.69. The van der Waals surface area contributed by atoms with Crippen molar-refractivity contribution < 1.29 is 19.2 Å². The molecule has 2 saturated heterocycles. The van der Waals surface area contributed by atoms with Gasteiger partial charge in [0.25, 0.3) is 5.91 Å². The first-order valence-corrected chi connectivity index (χ1v) is 10.1. The summed E-state index contributed by atoms with van der Waals surface area (Å²) in [5.41, 5.74) is 0.600. The molecule has 31 heavy (non-hydrogen) atoms. The van der Waals surface area contributed by atoms with Crippen LogP contribution in [0.2, 0.25) is 0 Å². The van der Waals surface area contributed by atoms with Crippen molar-refractivity contribution in [2.45, 2.75) is 24.5 Å². The lowest BCUT2D eigenvalue weighted by Gasteiger charge is -2.16. The number of pyridine rings is 1. The quantitative estimate of drug-likeness (QED) is 0.628. The molecular formula is C21H22N6O4. The highest BCUT2D eigenvalue weighted by molar-refractivity contribution is 5.87. The van der Waals surface area contributed by atoms with Gasteiger partial charge in [0, 0.05) is 38.8 Å². The Hall–Kier alpha value is -3.37. The topological polar surface area (TPSA) is 126 Å². The lowest BCUT2D eigenvalue weighted by molar-refractivity contribution is -0.144. The monoisotopic (exact) mass is 422 g/mol. The number of rotatable bonds is 5. The number of nitrogens with one attached hydrogen (secondary N) is 1. The van der Waals surface area contributed by atoms with Crippen molar-refractivity contribution in [2.24, 2.45) is 0 Å². The zero-order valence-corrected chi connectivity index (χ0v) is 17.0. The number of anilines is 1. The van der Waals surface area contributed by atoms with Gasteiger partial charge in [0.2, 0.25) is 5.60 Å². The average Bonchev–Trinajstić information content (AvgIpc) is 3.54. The van der Waals surface area contributed by atoms with Gasteiger partial charge < -0.3 is 24.6 Å². The van der Waals surface area contributed by atoms with Crippen molar-refractivity contribution >= 4 is 11.7 Å². The third kappa shape index (κ3) is 3.64. The number of ether oxygens (including phenoxy) is 1. The van der Waals surface area contributed by atoms with E-state index in [-0.39, 0.29) is 18.2 Å². The number of aromatic nitrogens is 4. The minimum atomic E-state index is -1.69. The van der Waals surface area contributed by atoms with E-state index in [1.807, 2.05) is 18.2 Å². The van der Waals surface area contributed by atoms with Crippen molar-refractivity contribution in [1.82, 2.24) is 25.0 Å². The summed E-state index contributed by atoms with van der Waals surface area (Å²) in [5.74, 6) is 0.435. The van der Waals surface area contributed by atoms with E-state index in [2.05, 4.69) is 25.4 Å². The Morgan fingerprint density at radius 3 is 2.77 bits per heavy atom. The largest absolute Gasteiger partial charge is 0.379 e. The van der Waals surface area contributed by atoms with Gasteiger partial charge in [-0.3, -0.25) is 4.79 Å². The zero-order chi connectivity index (χ0) is 21.4. The molecule has 10 heteroatoms. The van der Waals surface area contributed by atoms with Crippen LogP contribution >= 0.6 is 0 Å². The molecule has 2 atom stereocenters. The van der Waals surface area contributed by atoms with E-state index in [9.17, 15) is 9.90 Å². The summed E-state index contributed by atoms with van der Waals surface area (Å²) in [7, 11) is 1.65. The fourth-order valence-corrected chi connectivity index (χ4v) is 3.83. The molecule has 0 radical (unpaired) electrons. The first-order valence-electron chi connectivity index (χ1n) is 10.1. The van der Waals surface area contributed by atoms with Crippen LogP contribution in [0.4, 0.5) is 5.82 Å². The van der Waals surface area contributed by atoms with Crippen LogP contribution in [0, 0.1) is 0 Å². The Balaban J connectivity index is 1.40. The Labute approximate surface area is 178 Å². The summed E-state index contributed by atoms with van der Waals surface area (Å²) >= 11 is 0. The van der Waals surface area contributed by atoms with Gasteiger partial charge in [-0.2, -0.15) is 0 Å². The first kappa shape index (κ1) is 19.6. The van der Waals surface area contributed by atoms with Crippen LogP contribution in [0.1, 0.15) is 18.6 Å². The van der Waals surface area contributed by atoms with E-state index in [0.29, 0.717) is 41.7 Å². The summed E-state index contributed by atoms with van der Waals surface area (Å²) < 4.78 is 10.7. The molecular weight excluding hydrogens is 400 g/mol. The SMILES string of the molecule is CN1CC[C@@](O)(c2cc(-c3cccc(-c4cc(N[C@@H]5CCOC5)ncn4)n3)no2)C1=O. The molecule has 0 spiro atoms. The molecule has 1 amide bonds. The summed E-state index contributed by atoms with van der Waals surface area (Å²) in [4.78, 5) is 27.0. The van der Waals surface area contributed by atoms with Gasteiger partial charge in [-0.05, 0) is 18.6 Å². The van der Waals surface area contributed by atoms with Crippen LogP contribution in [0.5, 0.6) is 0 Å². The number of amides is 1. The number of carbonyl (C=O) groups excluding carboxylic acids is 1. The van der Waals surface area contributed by atoms with E-state index in [0.717, 1.165) is 13.0 Å². The highest BCUT2D eigenvalue weighted by Crippen LogP contribution is 2.34. The number of carbonyl (C=O) groups is 1. The molecule has 160 valence electrons. The van der Waals surface area contributed by atoms with Crippen molar-refractivity contribution in [3.63, 3.8) is 0 Å². The molecule has 0 bridgehead atoms. The molecule has 0 saturated carbocycles. The molecule has 0 aromatic carbocycles. The Morgan fingerprint density at radius 1 is 1.19 bits per heavy atom. The van der Waals surface area contributed by atoms with Gasteiger partial charge in [0.1, 0.15) is 17.8 Å². The van der Waals surface area contributed by atoms with Gasteiger partial charge >= 0.3 is 0 Å². The minimum Gasteiger partial charge on any atom is -0.379 e. The van der Waals surface area contributed by atoms with Crippen molar-refractivity contribution in [2.75, 3.05) is 32.1 Å². The normalized spacial score (nSPS) is 23.5. The van der Waals surface area contributed by atoms with Gasteiger partial charge in [-0.25, -0.2) is 15.0 Å². The second-order valence-electron chi connectivity index (χ2n) is 7.81. The molecule has 0 unspecified atom stereocenters. The Kier molecular flexibility index (Phi) is 4.87. The van der Waals surface area contributed by atoms with Crippen LogP contribution in [-0.2, 0) is 15.1 Å². The predicted molar refractivity (Wildman–Crippen MR) is 110 cm³/mol. The molecule has 3 aromatic heterocycles. The molecule has 0 aliphatic carbocycles. The molecule has 3 aromatic rings. The third-order valence-electron chi connectivity index (χ3n) is 5.65. The summed E-state index contributed by atoms with van der Waals surface area (Å²) in [5, 5.41) is 18.1. The first-order chi connectivity index (χ1) is 15.0. The van der Waals surface area contributed by atoms with Crippen molar-refractivity contribution in [1.29, 1.82) is 0 Å². The molecule has 5 heterocycles. The van der Waals surface area contributed by atoms with E-state index in [4.69, 9.17) is 9.26 Å². The highest BCUT2D eigenvalue weighted by atomic mass is 16.5. The maximum Gasteiger partial charge on any atom is 0.262 e. The highest BCUT2D eigenvalue weighted by Gasteiger charge is 2.48. The maximum atomic E-state index is 12.3. The van der Waals surface area contributed by atoms with Gasteiger partial charge in [-0.15, -0.1) is 0 Å². The summed E-state index contributed by atoms with van der Waals surface area (Å²) in [6, 6.07) is 9.12. The van der Waals surface area contributed by atoms with Gasteiger partial charge in [0.15, 0.2) is 5.76 Å². The third-order valence-corrected chi connectivity index (χ3v) is 5.65. The zero-order valence-electron chi connectivity index (χ0n) is 17.0. The van der Waals surface area contributed by atoms with Crippen LogP contribution in [0.3, 0.4) is 0 Å². The van der Waals surface area contributed by atoms with Gasteiger partial charge in [-0.1, -0.05) is 11.2 Å². The molecule has 5 rings (SSSR count). The lowest BCUT2D eigenvalue weighted by Crippen LogP contribution is -2.35. The minimum absolute atomic E-state index is 0.122. The number of likely N-dealkylation sites (tertiary alicyclic amines) is 1. The van der Waals surface area contributed by atoms with E-state index in [1.165, 1.54) is 11.2 Å². The van der Waals surface area contributed by atoms with Crippen molar-refractivity contribution in [3.05, 3.63) is 42.4 Å². The molecule has 2 fully saturated rings. The maximum absolute atomic E-state index is 12.3. The van der Waals surface area contributed by atoms with Crippen LogP contribution in [0.25, 0.3) is 22.8 Å².